The number of benzene rings is 1. The monoisotopic (exact) mass is 444 g/mol. The summed E-state index contributed by atoms with van der Waals surface area (Å²) in [5.74, 6) is -1.37. The maximum Gasteiger partial charge on any atom is 0.416 e. The average Bonchev–Trinajstić information content (AvgIpc) is 2.66. The van der Waals surface area contributed by atoms with Crippen LogP contribution in [0.5, 0.6) is 0 Å². The molecule has 0 radical (unpaired) electrons. The fourth-order valence-corrected chi connectivity index (χ4v) is 4.80. The minimum Gasteiger partial charge on any atom is -0.481 e. The van der Waals surface area contributed by atoms with Crippen molar-refractivity contribution in [2.45, 2.75) is 75.8 Å². The van der Waals surface area contributed by atoms with Gasteiger partial charge in [0.15, 0.2) is 0 Å². The molecule has 0 unspecified atom stereocenters. The quantitative estimate of drug-likeness (QED) is 0.525. The van der Waals surface area contributed by atoms with E-state index in [2.05, 4.69) is 10.0 Å². The number of alkyl halides is 3. The minimum atomic E-state index is -4.56. The molecule has 0 spiro atoms. The molecule has 1 aromatic carbocycles. The van der Waals surface area contributed by atoms with Crippen molar-refractivity contribution in [1.82, 2.24) is 5.32 Å². The molecule has 166 valence electrons. The number of nitrogens with one attached hydrogen (secondary N) is 2. The summed E-state index contributed by atoms with van der Waals surface area (Å²) in [4.78, 5) is 24.7. The Morgan fingerprint density at radius 1 is 1.03 bits per heavy atom. The SMILES string of the molecule is CC(C)(C)SNc1ccc(C(F)(F)F)cc1C(=O)NC12CCC(C(=O)O)(CC1)CC2. The summed E-state index contributed by atoms with van der Waals surface area (Å²) < 4.78 is 42.6. The predicted octanol–water partition coefficient (Wildman–Crippen LogP) is 5.47. The second-order valence-electron chi connectivity index (χ2n) is 9.39. The topological polar surface area (TPSA) is 78.4 Å². The van der Waals surface area contributed by atoms with Gasteiger partial charge in [0.2, 0.25) is 0 Å². The molecule has 0 atom stereocenters. The molecule has 0 heterocycles. The molecule has 4 rings (SSSR count). The number of hydrogen-bond acceptors (Lipinski definition) is 4. The number of carbonyl (C=O) groups excluding carboxylic acids is 1. The Morgan fingerprint density at radius 2 is 1.60 bits per heavy atom. The van der Waals surface area contributed by atoms with Crippen molar-refractivity contribution in [3.05, 3.63) is 29.3 Å². The van der Waals surface area contributed by atoms with Gasteiger partial charge in [0.1, 0.15) is 0 Å². The molecule has 0 saturated heterocycles. The van der Waals surface area contributed by atoms with Crippen molar-refractivity contribution < 1.29 is 27.9 Å². The van der Waals surface area contributed by atoms with Crippen molar-refractivity contribution in [3.8, 4) is 0 Å². The molecular formula is C21H27F3N2O3S. The van der Waals surface area contributed by atoms with Crippen LogP contribution in [0.3, 0.4) is 0 Å². The van der Waals surface area contributed by atoms with Gasteiger partial charge in [-0.15, -0.1) is 0 Å². The van der Waals surface area contributed by atoms with Crippen LogP contribution in [0.4, 0.5) is 18.9 Å². The molecule has 9 heteroatoms. The normalized spacial score (nSPS) is 26.3. The summed E-state index contributed by atoms with van der Waals surface area (Å²) in [5, 5.41) is 12.5. The third-order valence-corrected chi connectivity index (χ3v) is 7.07. The molecule has 1 aromatic rings. The Morgan fingerprint density at radius 3 is 2.07 bits per heavy atom. The largest absolute Gasteiger partial charge is 0.481 e. The molecule has 30 heavy (non-hydrogen) atoms. The molecule has 0 aromatic heterocycles. The van der Waals surface area contributed by atoms with Crippen molar-refractivity contribution in [1.29, 1.82) is 0 Å². The number of fused-ring (bicyclic) bond motifs is 3. The van der Waals surface area contributed by atoms with Crippen LogP contribution >= 0.6 is 11.9 Å². The van der Waals surface area contributed by atoms with Gasteiger partial charge >= 0.3 is 12.1 Å². The van der Waals surface area contributed by atoms with Gasteiger partial charge in [0.05, 0.1) is 22.2 Å². The molecule has 3 N–H and O–H groups in total. The van der Waals surface area contributed by atoms with E-state index in [1.807, 2.05) is 20.8 Å². The smallest absolute Gasteiger partial charge is 0.416 e. The first-order valence-electron chi connectivity index (χ1n) is 9.97. The predicted molar refractivity (Wildman–Crippen MR) is 110 cm³/mol. The minimum absolute atomic E-state index is 0.0587. The molecule has 1 amide bonds. The van der Waals surface area contributed by atoms with Crippen LogP contribution < -0.4 is 10.0 Å². The summed E-state index contributed by atoms with van der Waals surface area (Å²) in [6.45, 7) is 5.85. The fourth-order valence-electron chi connectivity index (χ4n) is 4.21. The summed E-state index contributed by atoms with van der Waals surface area (Å²) in [6, 6.07) is 3.12. The van der Waals surface area contributed by atoms with E-state index in [-0.39, 0.29) is 10.3 Å². The Labute approximate surface area is 178 Å². The van der Waals surface area contributed by atoms with Gasteiger partial charge in [-0.1, -0.05) is 0 Å². The lowest BCUT2D eigenvalue weighted by molar-refractivity contribution is -0.156. The lowest BCUT2D eigenvalue weighted by Gasteiger charge is -2.51. The van der Waals surface area contributed by atoms with E-state index in [0.717, 1.165) is 12.1 Å². The first-order valence-corrected chi connectivity index (χ1v) is 10.8. The van der Waals surface area contributed by atoms with Crippen molar-refractivity contribution in [2.24, 2.45) is 5.41 Å². The third kappa shape index (κ3) is 4.71. The highest BCUT2D eigenvalue weighted by Crippen LogP contribution is 2.52. The van der Waals surface area contributed by atoms with E-state index in [9.17, 15) is 27.9 Å². The highest BCUT2D eigenvalue weighted by molar-refractivity contribution is 8.01. The maximum absolute atomic E-state index is 13.2. The first kappa shape index (κ1) is 22.8. The third-order valence-electron chi connectivity index (χ3n) is 6.14. The first-order chi connectivity index (χ1) is 13.8. The van der Waals surface area contributed by atoms with Crippen molar-refractivity contribution >= 4 is 29.5 Å². The Bertz CT molecular complexity index is 824. The van der Waals surface area contributed by atoms with Gasteiger partial charge in [-0.05, 0) is 89.4 Å². The molecular weight excluding hydrogens is 417 g/mol. The molecule has 3 fully saturated rings. The van der Waals surface area contributed by atoms with Crippen LogP contribution in [0.15, 0.2) is 18.2 Å². The van der Waals surface area contributed by atoms with Crippen LogP contribution in [-0.2, 0) is 11.0 Å². The average molecular weight is 445 g/mol. The molecule has 3 aliphatic rings. The van der Waals surface area contributed by atoms with Gasteiger partial charge in [0, 0.05) is 10.3 Å². The van der Waals surface area contributed by atoms with Gasteiger partial charge in [-0.2, -0.15) is 13.2 Å². The highest BCUT2D eigenvalue weighted by atomic mass is 32.2. The summed E-state index contributed by atoms with van der Waals surface area (Å²) >= 11 is 1.32. The number of halogens is 3. The van der Waals surface area contributed by atoms with E-state index in [1.54, 1.807) is 0 Å². The van der Waals surface area contributed by atoms with E-state index >= 15 is 0 Å². The number of carboxylic acids is 1. The lowest BCUT2D eigenvalue weighted by Crippen LogP contribution is -2.58. The number of carbonyl (C=O) groups is 2. The number of aliphatic carboxylic acids is 1. The van der Waals surface area contributed by atoms with Gasteiger partial charge in [-0.3, -0.25) is 9.59 Å². The van der Waals surface area contributed by atoms with Gasteiger partial charge in [-0.25, -0.2) is 0 Å². The standard InChI is InChI=1S/C21H27F3N2O3S/c1-18(2,3)30-26-15-5-4-13(21(22,23)24)12-14(15)16(27)25-20-9-6-19(7-10-20,8-11-20)17(28)29/h4-5,12,26H,6-11H2,1-3H3,(H,25,27)(H,28,29). The second-order valence-corrected chi connectivity index (χ2v) is 11.0. The fraction of sp³-hybridized carbons (Fsp3) is 0.619. The number of anilines is 1. The van der Waals surface area contributed by atoms with E-state index in [0.29, 0.717) is 44.2 Å². The zero-order chi connectivity index (χ0) is 22.4. The molecule has 2 bridgehead atoms. The zero-order valence-corrected chi connectivity index (χ0v) is 18.1. The van der Waals surface area contributed by atoms with Gasteiger partial charge < -0.3 is 15.1 Å². The van der Waals surface area contributed by atoms with Crippen LogP contribution in [0.25, 0.3) is 0 Å². The maximum atomic E-state index is 13.2. The number of carboxylic acid groups (broad SMARTS) is 1. The van der Waals surface area contributed by atoms with Crippen LogP contribution in [-0.4, -0.2) is 27.3 Å². The van der Waals surface area contributed by atoms with E-state index in [1.165, 1.54) is 18.0 Å². The summed E-state index contributed by atoms with van der Waals surface area (Å²) in [7, 11) is 0. The molecule has 3 saturated carbocycles. The Kier molecular flexibility index (Phi) is 5.81. The molecule has 0 aliphatic heterocycles. The van der Waals surface area contributed by atoms with E-state index in [4.69, 9.17) is 0 Å². The van der Waals surface area contributed by atoms with Crippen LogP contribution in [0.1, 0.15) is 75.2 Å². The molecule has 5 nitrogen and oxygen atoms in total. The molecule has 3 aliphatic carbocycles. The number of hydrogen-bond donors (Lipinski definition) is 3. The number of amides is 1. The summed E-state index contributed by atoms with van der Waals surface area (Å²) in [5.41, 5.74) is -1.90. The van der Waals surface area contributed by atoms with Gasteiger partial charge in [0.25, 0.3) is 5.91 Å². The van der Waals surface area contributed by atoms with E-state index < -0.39 is 34.6 Å². The summed E-state index contributed by atoms with van der Waals surface area (Å²) in [6.07, 6.45) is -1.60. The number of rotatable bonds is 5. The van der Waals surface area contributed by atoms with Crippen LogP contribution in [0.2, 0.25) is 0 Å². The lowest BCUT2D eigenvalue weighted by atomic mass is 9.57. The highest BCUT2D eigenvalue weighted by Gasteiger charge is 2.53. The van der Waals surface area contributed by atoms with Crippen LogP contribution in [0, 0.1) is 5.41 Å². The van der Waals surface area contributed by atoms with Crippen molar-refractivity contribution in [2.75, 3.05) is 4.72 Å². The van der Waals surface area contributed by atoms with Crippen molar-refractivity contribution in [3.63, 3.8) is 0 Å². The Hall–Kier alpha value is -1.90. The second kappa shape index (κ2) is 7.66. The Balaban J connectivity index is 1.84. The zero-order valence-electron chi connectivity index (χ0n) is 17.3.